The number of ether oxygens (including phenoxy) is 1. The lowest BCUT2D eigenvalue weighted by Crippen LogP contribution is -2.45. The fourth-order valence-corrected chi connectivity index (χ4v) is 4.90. The molecule has 36 heavy (non-hydrogen) atoms. The molecule has 0 radical (unpaired) electrons. The zero-order chi connectivity index (χ0) is 26.1. The van der Waals surface area contributed by atoms with Crippen molar-refractivity contribution in [1.82, 2.24) is 19.9 Å². The van der Waals surface area contributed by atoms with E-state index in [1.54, 1.807) is 38.1 Å². The Kier molecular flexibility index (Phi) is 7.17. The van der Waals surface area contributed by atoms with Crippen LogP contribution in [0.4, 0.5) is 23.1 Å². The molecule has 1 aromatic carbocycles. The quantitative estimate of drug-likeness (QED) is 0.464. The highest BCUT2D eigenvalue weighted by molar-refractivity contribution is 7.22. The van der Waals surface area contributed by atoms with Crippen molar-refractivity contribution in [3.8, 4) is 0 Å². The molecule has 0 bridgehead atoms. The largest absolute Gasteiger partial charge is 0.444 e. The predicted octanol–water partition coefficient (Wildman–Crippen LogP) is 5.29. The smallest absolute Gasteiger partial charge is 0.416 e. The third kappa shape index (κ3) is 6.10. The van der Waals surface area contributed by atoms with Crippen LogP contribution in [0.5, 0.6) is 0 Å². The second-order valence-electron chi connectivity index (χ2n) is 9.59. The molecule has 2 aromatic heterocycles. The fourth-order valence-electron chi connectivity index (χ4n) is 3.89. The summed E-state index contributed by atoms with van der Waals surface area (Å²) in [4.78, 5) is 41.6. The van der Waals surface area contributed by atoms with E-state index in [9.17, 15) is 22.8 Å². The van der Waals surface area contributed by atoms with Gasteiger partial charge in [-0.05, 0) is 51.8 Å². The Labute approximate surface area is 210 Å². The fraction of sp³-hybridized carbons (Fsp3) is 0.458. The summed E-state index contributed by atoms with van der Waals surface area (Å²) in [5.41, 5.74) is -0.344. The Morgan fingerprint density at radius 3 is 2.42 bits per heavy atom. The number of hydrogen-bond acceptors (Lipinski definition) is 7. The van der Waals surface area contributed by atoms with E-state index in [4.69, 9.17) is 4.74 Å². The molecule has 1 aliphatic rings. The molecule has 2 amide bonds. The molecule has 1 fully saturated rings. The summed E-state index contributed by atoms with van der Waals surface area (Å²) in [7, 11) is 0. The van der Waals surface area contributed by atoms with Gasteiger partial charge < -0.3 is 9.64 Å². The number of nitrogens with zero attached hydrogens (tertiary/aromatic N) is 5. The highest BCUT2D eigenvalue weighted by Crippen LogP contribution is 2.36. The Hall–Kier alpha value is -3.28. The highest BCUT2D eigenvalue weighted by Gasteiger charge is 2.34. The van der Waals surface area contributed by atoms with E-state index in [1.165, 1.54) is 17.3 Å². The summed E-state index contributed by atoms with van der Waals surface area (Å²) in [6.45, 7) is 6.23. The van der Waals surface area contributed by atoms with Crippen LogP contribution in [0.1, 0.15) is 44.7 Å². The number of rotatable bonds is 4. The van der Waals surface area contributed by atoms with E-state index < -0.39 is 23.4 Å². The number of hydrogen-bond donors (Lipinski definition) is 0. The van der Waals surface area contributed by atoms with Crippen molar-refractivity contribution >= 4 is 38.7 Å². The molecular weight excluding hydrogens is 495 g/mol. The molecule has 1 aliphatic heterocycles. The van der Waals surface area contributed by atoms with Crippen molar-refractivity contribution < 1.29 is 27.5 Å². The van der Waals surface area contributed by atoms with Crippen molar-refractivity contribution in [1.29, 1.82) is 0 Å². The van der Waals surface area contributed by atoms with Crippen LogP contribution in [-0.2, 0) is 22.3 Å². The zero-order valence-electron chi connectivity index (χ0n) is 20.1. The minimum Gasteiger partial charge on any atom is -0.444 e. The van der Waals surface area contributed by atoms with Crippen molar-refractivity contribution in [3.05, 3.63) is 48.0 Å². The van der Waals surface area contributed by atoms with Gasteiger partial charge in [-0.25, -0.2) is 19.7 Å². The lowest BCUT2D eigenvalue weighted by atomic mass is 9.95. The number of benzene rings is 1. The first-order valence-corrected chi connectivity index (χ1v) is 12.2. The van der Waals surface area contributed by atoms with E-state index in [0.717, 1.165) is 23.5 Å². The Morgan fingerprint density at radius 2 is 1.81 bits per heavy atom. The van der Waals surface area contributed by atoms with Gasteiger partial charge in [-0.15, -0.1) is 0 Å². The maximum Gasteiger partial charge on any atom is 0.416 e. The van der Waals surface area contributed by atoms with Gasteiger partial charge in [-0.2, -0.15) is 13.2 Å². The molecule has 192 valence electrons. The van der Waals surface area contributed by atoms with E-state index in [1.807, 2.05) is 0 Å². The zero-order valence-corrected chi connectivity index (χ0v) is 20.9. The number of alkyl halides is 3. The van der Waals surface area contributed by atoms with Crippen LogP contribution in [0.2, 0.25) is 0 Å². The molecule has 0 atom stereocenters. The van der Waals surface area contributed by atoms with Crippen LogP contribution >= 0.6 is 11.3 Å². The molecule has 3 heterocycles. The molecule has 12 heteroatoms. The third-order valence-electron chi connectivity index (χ3n) is 5.65. The summed E-state index contributed by atoms with van der Waals surface area (Å²) in [5.74, 6) is -0.594. The van der Waals surface area contributed by atoms with Crippen molar-refractivity contribution in [2.45, 2.75) is 51.9 Å². The predicted molar refractivity (Wildman–Crippen MR) is 128 cm³/mol. The van der Waals surface area contributed by atoms with Gasteiger partial charge in [0.2, 0.25) is 5.91 Å². The number of thiazole rings is 1. The van der Waals surface area contributed by atoms with Crippen molar-refractivity contribution in [2.24, 2.45) is 5.92 Å². The van der Waals surface area contributed by atoms with E-state index >= 15 is 0 Å². The maximum atomic E-state index is 13.6. The van der Waals surface area contributed by atoms with Crippen molar-refractivity contribution in [2.75, 3.05) is 18.0 Å². The van der Waals surface area contributed by atoms with E-state index in [0.29, 0.717) is 46.8 Å². The summed E-state index contributed by atoms with van der Waals surface area (Å²) in [6, 6.07) is 3.34. The first-order valence-electron chi connectivity index (χ1n) is 11.4. The van der Waals surface area contributed by atoms with Crippen LogP contribution < -0.4 is 4.90 Å². The number of fused-ring (bicyclic) bond motifs is 1. The molecular formula is C24H26F3N5O3S. The Bertz CT molecular complexity index is 1240. The Morgan fingerprint density at radius 1 is 1.14 bits per heavy atom. The summed E-state index contributed by atoms with van der Waals surface area (Å²) in [6.07, 6.45) is 0.501. The summed E-state index contributed by atoms with van der Waals surface area (Å²) in [5, 5.41) is 0.299. The minimum atomic E-state index is -4.47. The first kappa shape index (κ1) is 25.8. The number of aromatic nitrogens is 3. The number of anilines is 1. The molecule has 0 N–H and O–H groups in total. The molecule has 3 aromatic rings. The van der Waals surface area contributed by atoms with Gasteiger partial charge in [0, 0.05) is 37.0 Å². The standard InChI is InChI=1S/C24H26F3N5O3S/c1-23(2,3)35-22(34)31-8-6-16(7-9-31)20(33)32(13-15-11-28-14-29-12-15)21-30-18-5-4-17(24(25,26)27)10-19(18)36-21/h4-5,10-12,14,16H,6-9,13H2,1-3H3. The van der Waals surface area contributed by atoms with Gasteiger partial charge in [0.15, 0.2) is 5.13 Å². The summed E-state index contributed by atoms with van der Waals surface area (Å²) >= 11 is 1.03. The van der Waals surface area contributed by atoms with Crippen LogP contribution in [0, 0.1) is 5.92 Å². The number of carbonyl (C=O) groups excluding carboxylic acids is 2. The molecule has 0 unspecified atom stereocenters. The molecule has 8 nitrogen and oxygen atoms in total. The van der Waals surface area contributed by atoms with Gasteiger partial charge in [0.1, 0.15) is 11.9 Å². The molecule has 0 saturated carbocycles. The Balaban J connectivity index is 1.56. The molecule has 4 rings (SSSR count). The van der Waals surface area contributed by atoms with Gasteiger partial charge >= 0.3 is 12.3 Å². The number of likely N-dealkylation sites (tertiary alicyclic amines) is 1. The van der Waals surface area contributed by atoms with Crippen LogP contribution in [0.15, 0.2) is 36.9 Å². The average Bonchev–Trinajstić information content (AvgIpc) is 3.24. The van der Waals surface area contributed by atoms with Crippen LogP contribution in [-0.4, -0.2) is 50.5 Å². The van der Waals surface area contributed by atoms with Gasteiger partial charge in [-0.1, -0.05) is 11.3 Å². The van der Waals surface area contributed by atoms with Crippen molar-refractivity contribution in [3.63, 3.8) is 0 Å². The highest BCUT2D eigenvalue weighted by atomic mass is 32.1. The van der Waals surface area contributed by atoms with Gasteiger partial charge in [0.25, 0.3) is 0 Å². The lowest BCUT2D eigenvalue weighted by Gasteiger charge is -2.34. The monoisotopic (exact) mass is 521 g/mol. The molecule has 0 aliphatic carbocycles. The number of amides is 2. The van der Waals surface area contributed by atoms with Gasteiger partial charge in [-0.3, -0.25) is 9.69 Å². The number of carbonyl (C=O) groups is 2. The lowest BCUT2D eigenvalue weighted by molar-refractivity contribution is -0.137. The second-order valence-corrected chi connectivity index (χ2v) is 10.6. The first-order chi connectivity index (χ1) is 16.9. The normalized spacial score (nSPS) is 15.2. The minimum absolute atomic E-state index is 0.123. The number of halogens is 3. The third-order valence-corrected chi connectivity index (χ3v) is 6.69. The van der Waals surface area contributed by atoms with E-state index in [2.05, 4.69) is 15.0 Å². The molecule has 1 saturated heterocycles. The average molecular weight is 522 g/mol. The van der Waals surface area contributed by atoms with Gasteiger partial charge in [0.05, 0.1) is 22.3 Å². The topological polar surface area (TPSA) is 88.5 Å². The second kappa shape index (κ2) is 10.00. The molecule has 0 spiro atoms. The summed E-state index contributed by atoms with van der Waals surface area (Å²) < 4.78 is 45.3. The maximum absolute atomic E-state index is 13.6. The van der Waals surface area contributed by atoms with E-state index in [-0.39, 0.29) is 18.4 Å². The van der Waals surface area contributed by atoms with Crippen LogP contribution in [0.25, 0.3) is 10.2 Å². The SMILES string of the molecule is CC(C)(C)OC(=O)N1CCC(C(=O)N(Cc2cncnc2)c2nc3ccc(C(F)(F)F)cc3s2)CC1. The number of piperidine rings is 1. The van der Waals surface area contributed by atoms with Crippen LogP contribution in [0.3, 0.4) is 0 Å².